The van der Waals surface area contributed by atoms with Crippen molar-refractivity contribution in [1.29, 1.82) is 0 Å². The van der Waals surface area contributed by atoms with Crippen molar-refractivity contribution in [2.75, 3.05) is 32.8 Å². The fourth-order valence-electron chi connectivity index (χ4n) is 3.67. The van der Waals surface area contributed by atoms with Gasteiger partial charge < -0.3 is 19.7 Å². The second-order valence-corrected chi connectivity index (χ2v) is 7.81. The van der Waals surface area contributed by atoms with Crippen molar-refractivity contribution in [2.24, 2.45) is 5.92 Å². The predicted octanol–water partition coefficient (Wildman–Crippen LogP) is 3.99. The Morgan fingerprint density at radius 2 is 1.79 bits per heavy atom. The molecule has 0 aromatic heterocycles. The Bertz CT molecular complexity index is 764. The summed E-state index contributed by atoms with van der Waals surface area (Å²) in [6.45, 7) is 8.18. The molecule has 1 heterocycles. The summed E-state index contributed by atoms with van der Waals surface area (Å²) in [5, 5.41) is 3.11. The smallest absolute Gasteiger partial charge is 0.255 e. The van der Waals surface area contributed by atoms with Crippen LogP contribution in [0.15, 0.2) is 54.6 Å². The van der Waals surface area contributed by atoms with Crippen LogP contribution in [0.5, 0.6) is 11.5 Å². The van der Waals surface area contributed by atoms with Crippen LogP contribution in [-0.4, -0.2) is 49.7 Å². The fourth-order valence-corrected chi connectivity index (χ4v) is 3.67. The van der Waals surface area contributed by atoms with Gasteiger partial charge in [0.2, 0.25) is 0 Å². The number of rotatable bonds is 9. The van der Waals surface area contributed by atoms with Crippen molar-refractivity contribution in [3.8, 4) is 11.5 Å². The summed E-state index contributed by atoms with van der Waals surface area (Å²) in [5.74, 6) is 1.83. The number of para-hydroxylation sites is 2. The largest absolute Gasteiger partial charge is 0.490 e. The summed E-state index contributed by atoms with van der Waals surface area (Å²) < 4.78 is 11.5. The molecule has 5 nitrogen and oxygen atoms in total. The number of likely N-dealkylation sites (tertiary alicyclic amines) is 1. The standard InChI is InChI=1S/C24H32N2O3/c1-19(2)26-14-8-9-20(18-26)17-25-24(27)22-12-6-7-13-23(22)29-16-15-28-21-10-4-3-5-11-21/h3-7,10-13,19-20H,8-9,14-18H2,1-2H3,(H,25,27). The van der Waals surface area contributed by atoms with Gasteiger partial charge in [-0.2, -0.15) is 0 Å². The number of piperidine rings is 1. The topological polar surface area (TPSA) is 50.8 Å². The fraction of sp³-hybridized carbons (Fsp3) is 0.458. The van der Waals surface area contributed by atoms with Crippen LogP contribution in [-0.2, 0) is 0 Å². The van der Waals surface area contributed by atoms with Gasteiger partial charge in [-0.05, 0) is 63.4 Å². The van der Waals surface area contributed by atoms with E-state index in [1.165, 1.54) is 12.8 Å². The van der Waals surface area contributed by atoms with Crippen molar-refractivity contribution in [2.45, 2.75) is 32.7 Å². The maximum atomic E-state index is 12.7. The molecule has 1 saturated heterocycles. The number of nitrogens with one attached hydrogen (secondary N) is 1. The van der Waals surface area contributed by atoms with E-state index in [9.17, 15) is 4.79 Å². The molecule has 0 bridgehead atoms. The van der Waals surface area contributed by atoms with E-state index in [1.54, 1.807) is 0 Å². The zero-order chi connectivity index (χ0) is 20.5. The molecule has 0 spiro atoms. The minimum atomic E-state index is -0.0775. The lowest BCUT2D eigenvalue weighted by Crippen LogP contribution is -2.43. The molecule has 3 rings (SSSR count). The van der Waals surface area contributed by atoms with Crippen molar-refractivity contribution in [3.05, 3.63) is 60.2 Å². The molecule has 1 N–H and O–H groups in total. The zero-order valence-electron chi connectivity index (χ0n) is 17.5. The maximum absolute atomic E-state index is 12.7. The molecule has 1 fully saturated rings. The van der Waals surface area contributed by atoms with E-state index in [2.05, 4.69) is 24.1 Å². The minimum Gasteiger partial charge on any atom is -0.490 e. The quantitative estimate of drug-likeness (QED) is 0.651. The molecule has 5 heteroatoms. The molecule has 29 heavy (non-hydrogen) atoms. The third-order valence-electron chi connectivity index (χ3n) is 5.32. The van der Waals surface area contributed by atoms with E-state index < -0.39 is 0 Å². The molecular weight excluding hydrogens is 364 g/mol. The van der Waals surface area contributed by atoms with E-state index in [4.69, 9.17) is 9.47 Å². The van der Waals surface area contributed by atoms with E-state index in [0.29, 0.717) is 43.0 Å². The molecule has 0 aliphatic carbocycles. The predicted molar refractivity (Wildman–Crippen MR) is 116 cm³/mol. The van der Waals surface area contributed by atoms with E-state index >= 15 is 0 Å². The lowest BCUT2D eigenvalue weighted by Gasteiger charge is -2.35. The normalized spacial score (nSPS) is 17.1. The summed E-state index contributed by atoms with van der Waals surface area (Å²) in [7, 11) is 0. The molecule has 1 atom stereocenters. The average molecular weight is 397 g/mol. The van der Waals surface area contributed by atoms with Crippen LogP contribution < -0.4 is 14.8 Å². The van der Waals surface area contributed by atoms with Crippen LogP contribution >= 0.6 is 0 Å². The number of carbonyl (C=O) groups is 1. The van der Waals surface area contributed by atoms with Gasteiger partial charge in [0.25, 0.3) is 5.91 Å². The molecular formula is C24H32N2O3. The van der Waals surface area contributed by atoms with Crippen LogP contribution in [0.2, 0.25) is 0 Å². The molecule has 0 saturated carbocycles. The first-order valence-corrected chi connectivity index (χ1v) is 10.6. The molecule has 1 unspecified atom stereocenters. The highest BCUT2D eigenvalue weighted by atomic mass is 16.5. The Morgan fingerprint density at radius 1 is 1.07 bits per heavy atom. The molecule has 156 valence electrons. The van der Waals surface area contributed by atoms with Gasteiger partial charge >= 0.3 is 0 Å². The van der Waals surface area contributed by atoms with Crippen LogP contribution in [0.4, 0.5) is 0 Å². The van der Waals surface area contributed by atoms with Crippen LogP contribution in [0, 0.1) is 5.92 Å². The Morgan fingerprint density at radius 3 is 2.59 bits per heavy atom. The van der Waals surface area contributed by atoms with Gasteiger partial charge in [0.05, 0.1) is 5.56 Å². The van der Waals surface area contributed by atoms with E-state index in [-0.39, 0.29) is 5.91 Å². The number of hydrogen-bond acceptors (Lipinski definition) is 4. The first-order valence-electron chi connectivity index (χ1n) is 10.6. The van der Waals surface area contributed by atoms with Crippen molar-refractivity contribution in [3.63, 3.8) is 0 Å². The summed E-state index contributed by atoms with van der Waals surface area (Å²) in [6.07, 6.45) is 2.36. The van der Waals surface area contributed by atoms with Gasteiger partial charge in [0, 0.05) is 19.1 Å². The summed E-state index contributed by atoms with van der Waals surface area (Å²) in [5.41, 5.74) is 0.573. The highest BCUT2D eigenvalue weighted by Gasteiger charge is 2.22. The summed E-state index contributed by atoms with van der Waals surface area (Å²) >= 11 is 0. The molecule has 1 amide bonds. The molecule has 1 aliphatic heterocycles. The van der Waals surface area contributed by atoms with Gasteiger partial charge in [0.1, 0.15) is 24.7 Å². The number of hydrogen-bond donors (Lipinski definition) is 1. The van der Waals surface area contributed by atoms with Gasteiger partial charge in [-0.25, -0.2) is 0 Å². The van der Waals surface area contributed by atoms with Crippen LogP contribution in [0.3, 0.4) is 0 Å². The van der Waals surface area contributed by atoms with Crippen LogP contribution in [0.1, 0.15) is 37.0 Å². The van der Waals surface area contributed by atoms with Crippen LogP contribution in [0.25, 0.3) is 0 Å². The highest BCUT2D eigenvalue weighted by Crippen LogP contribution is 2.20. The highest BCUT2D eigenvalue weighted by molar-refractivity contribution is 5.96. The van der Waals surface area contributed by atoms with Gasteiger partial charge in [-0.15, -0.1) is 0 Å². The lowest BCUT2D eigenvalue weighted by atomic mass is 9.97. The van der Waals surface area contributed by atoms with E-state index in [1.807, 2.05) is 54.6 Å². The summed E-state index contributed by atoms with van der Waals surface area (Å²) in [4.78, 5) is 15.2. The first-order chi connectivity index (χ1) is 14.1. The Labute approximate surface area is 174 Å². The second kappa shape index (κ2) is 10.9. The number of amides is 1. The van der Waals surface area contributed by atoms with Crippen molar-refractivity contribution in [1.82, 2.24) is 10.2 Å². The van der Waals surface area contributed by atoms with Crippen molar-refractivity contribution >= 4 is 5.91 Å². The van der Waals surface area contributed by atoms with Gasteiger partial charge in [0.15, 0.2) is 0 Å². The van der Waals surface area contributed by atoms with Gasteiger partial charge in [-0.3, -0.25) is 4.79 Å². The lowest BCUT2D eigenvalue weighted by molar-refractivity contribution is 0.0917. The van der Waals surface area contributed by atoms with E-state index in [0.717, 1.165) is 18.8 Å². The number of carbonyl (C=O) groups excluding carboxylic acids is 1. The number of benzene rings is 2. The molecule has 2 aromatic carbocycles. The van der Waals surface area contributed by atoms with Crippen molar-refractivity contribution < 1.29 is 14.3 Å². The summed E-state index contributed by atoms with van der Waals surface area (Å²) in [6, 6.07) is 17.6. The Balaban J connectivity index is 1.48. The first kappa shape index (κ1) is 21.2. The Hall–Kier alpha value is -2.53. The maximum Gasteiger partial charge on any atom is 0.255 e. The molecule has 0 radical (unpaired) electrons. The third kappa shape index (κ3) is 6.50. The number of nitrogens with zero attached hydrogens (tertiary/aromatic N) is 1. The zero-order valence-corrected chi connectivity index (χ0v) is 17.5. The molecule has 1 aliphatic rings. The average Bonchev–Trinajstić information content (AvgIpc) is 2.76. The molecule has 2 aromatic rings. The third-order valence-corrected chi connectivity index (χ3v) is 5.32. The second-order valence-electron chi connectivity index (χ2n) is 7.81. The number of ether oxygens (including phenoxy) is 2. The minimum absolute atomic E-state index is 0.0775. The monoisotopic (exact) mass is 396 g/mol. The SMILES string of the molecule is CC(C)N1CCCC(CNC(=O)c2ccccc2OCCOc2ccccc2)C1. The Kier molecular flexibility index (Phi) is 7.94. The van der Waals surface area contributed by atoms with Gasteiger partial charge in [-0.1, -0.05) is 30.3 Å².